The van der Waals surface area contributed by atoms with Crippen molar-refractivity contribution >= 4 is 29.7 Å². The van der Waals surface area contributed by atoms with Gasteiger partial charge in [0.25, 0.3) is 0 Å². The quantitative estimate of drug-likeness (QED) is 0.188. The van der Waals surface area contributed by atoms with E-state index in [4.69, 9.17) is 4.74 Å². The van der Waals surface area contributed by atoms with E-state index in [-0.39, 0.29) is 23.6 Å². The van der Waals surface area contributed by atoms with E-state index in [9.17, 15) is 14.4 Å². The topological polar surface area (TPSA) is 96.8 Å². The van der Waals surface area contributed by atoms with Crippen molar-refractivity contribution in [1.29, 1.82) is 0 Å². The molecule has 2 aliphatic heterocycles. The minimum absolute atomic E-state index is 0.00281. The predicted molar refractivity (Wildman–Crippen MR) is 187 cm³/mol. The van der Waals surface area contributed by atoms with E-state index in [1.165, 1.54) is 0 Å². The molecular formula is C39H41N5O4. The second-order valence-corrected chi connectivity index (χ2v) is 12.3. The van der Waals surface area contributed by atoms with Crippen molar-refractivity contribution in [2.45, 2.75) is 32.7 Å². The second-order valence-electron chi connectivity index (χ2n) is 12.3. The van der Waals surface area contributed by atoms with Gasteiger partial charge in [0.2, 0.25) is 11.8 Å². The van der Waals surface area contributed by atoms with Crippen LogP contribution in [0.25, 0.3) is 17.8 Å². The van der Waals surface area contributed by atoms with E-state index >= 15 is 0 Å². The number of imidazole rings is 1. The Kier molecular flexibility index (Phi) is 9.96. The summed E-state index contributed by atoms with van der Waals surface area (Å²) in [6.07, 6.45) is 10.6. The van der Waals surface area contributed by atoms with Gasteiger partial charge in [0.05, 0.1) is 30.9 Å². The molecule has 1 aromatic heterocycles. The Labute approximate surface area is 281 Å². The monoisotopic (exact) mass is 643 g/mol. The molecule has 9 heteroatoms. The standard InChI is InChI=1S/C39H41N5O4/c1-27-25-43(26-41-27)35-16-8-30(24-36(35)48-3)23-34-5-4-20-44(39(34)47)28(2)31-12-14-33(15-13-31)38(46)32-10-6-29(7-11-32)9-17-37(45)42-21-18-40-19-22-42/h6-17,23-26,28,40H,4-5,18-22H2,1-3H3/b17-9+,34-23+/t28-/m0/s1. The number of ketones is 1. The average Bonchev–Trinajstić information content (AvgIpc) is 3.57. The van der Waals surface area contributed by atoms with Crippen molar-refractivity contribution in [1.82, 2.24) is 24.7 Å². The normalized spacial score (nSPS) is 16.8. The first-order valence-electron chi connectivity index (χ1n) is 16.4. The average molecular weight is 644 g/mol. The summed E-state index contributed by atoms with van der Waals surface area (Å²) in [5.41, 5.74) is 6.46. The Morgan fingerprint density at radius 1 is 0.938 bits per heavy atom. The Hall–Kier alpha value is -5.28. The van der Waals surface area contributed by atoms with Gasteiger partial charge in [-0.2, -0.15) is 0 Å². The molecule has 0 radical (unpaired) electrons. The van der Waals surface area contributed by atoms with Gasteiger partial charge in [0.1, 0.15) is 5.75 Å². The van der Waals surface area contributed by atoms with Crippen molar-refractivity contribution in [3.63, 3.8) is 0 Å². The van der Waals surface area contributed by atoms with Crippen LogP contribution in [0.4, 0.5) is 0 Å². The number of carbonyl (C=O) groups excluding carboxylic acids is 3. The molecule has 1 atom stereocenters. The van der Waals surface area contributed by atoms with Crippen molar-refractivity contribution in [3.8, 4) is 11.4 Å². The SMILES string of the molecule is COc1cc(/C=C2\CCCN([C@@H](C)c3ccc(C(=O)c4ccc(/C=C/C(=O)N5CCNCC5)cc4)cc3)C2=O)ccc1-n1cnc(C)c1. The molecule has 0 saturated carbocycles. The van der Waals surface area contributed by atoms with Crippen LogP contribution in [0.2, 0.25) is 0 Å². The lowest BCUT2D eigenvalue weighted by molar-refractivity contribution is -0.130. The number of rotatable bonds is 9. The lowest BCUT2D eigenvalue weighted by Gasteiger charge is -2.34. The van der Waals surface area contributed by atoms with E-state index < -0.39 is 0 Å². The summed E-state index contributed by atoms with van der Waals surface area (Å²) in [7, 11) is 1.64. The van der Waals surface area contributed by atoms with Gasteiger partial charge in [-0.15, -0.1) is 0 Å². The zero-order chi connectivity index (χ0) is 33.6. The molecular weight excluding hydrogens is 602 g/mol. The summed E-state index contributed by atoms with van der Waals surface area (Å²) in [5, 5.41) is 3.24. The van der Waals surface area contributed by atoms with Crippen LogP contribution in [0.5, 0.6) is 5.75 Å². The van der Waals surface area contributed by atoms with E-state index in [0.29, 0.717) is 42.9 Å². The van der Waals surface area contributed by atoms with Gasteiger partial charge < -0.3 is 24.4 Å². The number of aryl methyl sites for hydroxylation is 1. The maximum atomic E-state index is 13.7. The number of methoxy groups -OCH3 is 1. The van der Waals surface area contributed by atoms with Gasteiger partial charge in [0.15, 0.2) is 5.78 Å². The molecule has 0 unspecified atom stereocenters. The van der Waals surface area contributed by atoms with Crippen LogP contribution in [0.15, 0.2) is 90.9 Å². The molecule has 0 aliphatic carbocycles. The summed E-state index contributed by atoms with van der Waals surface area (Å²) in [6.45, 7) is 7.68. The molecule has 9 nitrogen and oxygen atoms in total. The van der Waals surface area contributed by atoms with Crippen molar-refractivity contribution in [2.24, 2.45) is 0 Å². The molecule has 3 heterocycles. The smallest absolute Gasteiger partial charge is 0.250 e. The maximum absolute atomic E-state index is 13.7. The Morgan fingerprint density at radius 3 is 2.29 bits per heavy atom. The van der Waals surface area contributed by atoms with E-state index in [1.54, 1.807) is 37.7 Å². The Morgan fingerprint density at radius 2 is 1.62 bits per heavy atom. The van der Waals surface area contributed by atoms with E-state index in [2.05, 4.69) is 10.3 Å². The third-order valence-electron chi connectivity index (χ3n) is 9.06. The van der Waals surface area contributed by atoms with Crippen molar-refractivity contribution < 1.29 is 19.1 Å². The second kappa shape index (κ2) is 14.6. The lowest BCUT2D eigenvalue weighted by atomic mass is 9.96. The highest BCUT2D eigenvalue weighted by Gasteiger charge is 2.28. The van der Waals surface area contributed by atoms with Crippen molar-refractivity contribution in [3.05, 3.63) is 124 Å². The number of benzene rings is 3. The fourth-order valence-electron chi connectivity index (χ4n) is 6.25. The first-order valence-corrected chi connectivity index (χ1v) is 16.4. The molecule has 1 N–H and O–H groups in total. The number of piperazine rings is 1. The summed E-state index contributed by atoms with van der Waals surface area (Å²) in [6, 6.07) is 20.6. The van der Waals surface area contributed by atoms with Gasteiger partial charge >= 0.3 is 0 Å². The molecule has 48 heavy (non-hydrogen) atoms. The summed E-state index contributed by atoms with van der Waals surface area (Å²) in [5.74, 6) is 0.643. The number of likely N-dealkylation sites (tertiary alicyclic amines) is 1. The number of aromatic nitrogens is 2. The van der Waals surface area contributed by atoms with Gasteiger partial charge in [-0.3, -0.25) is 14.4 Å². The van der Waals surface area contributed by atoms with Crippen LogP contribution in [0.3, 0.4) is 0 Å². The minimum atomic E-state index is -0.151. The summed E-state index contributed by atoms with van der Waals surface area (Å²) < 4.78 is 7.59. The van der Waals surface area contributed by atoms with Crippen LogP contribution < -0.4 is 10.1 Å². The number of ether oxygens (including phenoxy) is 1. The first-order chi connectivity index (χ1) is 23.3. The van der Waals surface area contributed by atoms with Gasteiger partial charge in [-0.05, 0) is 67.7 Å². The third-order valence-corrected chi connectivity index (χ3v) is 9.06. The number of piperidine rings is 1. The summed E-state index contributed by atoms with van der Waals surface area (Å²) in [4.78, 5) is 47.4. The number of hydrogen-bond donors (Lipinski definition) is 1. The highest BCUT2D eigenvalue weighted by atomic mass is 16.5. The molecule has 246 valence electrons. The number of hydrogen-bond acceptors (Lipinski definition) is 6. The van der Waals surface area contributed by atoms with Gasteiger partial charge in [0, 0.05) is 61.7 Å². The molecule has 2 amide bonds. The molecule has 4 aromatic rings. The minimum Gasteiger partial charge on any atom is -0.495 e. The van der Waals surface area contributed by atoms with Crippen LogP contribution in [0.1, 0.15) is 64.1 Å². The lowest BCUT2D eigenvalue weighted by Crippen LogP contribution is -2.45. The number of nitrogens with one attached hydrogen (secondary N) is 1. The van der Waals surface area contributed by atoms with Gasteiger partial charge in [-0.25, -0.2) is 4.98 Å². The van der Waals surface area contributed by atoms with Crippen molar-refractivity contribution in [2.75, 3.05) is 39.8 Å². The molecule has 3 aromatic carbocycles. The maximum Gasteiger partial charge on any atom is 0.250 e. The predicted octanol–water partition coefficient (Wildman–Crippen LogP) is 5.63. The molecule has 0 spiro atoms. The fourth-order valence-corrected chi connectivity index (χ4v) is 6.25. The number of amides is 2. The highest BCUT2D eigenvalue weighted by Crippen LogP contribution is 2.31. The van der Waals surface area contributed by atoms with Gasteiger partial charge in [-0.1, -0.05) is 54.6 Å². The number of nitrogens with zero attached hydrogens (tertiary/aromatic N) is 4. The molecule has 2 aliphatic rings. The Bertz CT molecular complexity index is 1850. The number of carbonyl (C=O) groups is 3. The van der Waals surface area contributed by atoms with Crippen LogP contribution in [-0.4, -0.2) is 76.8 Å². The van der Waals surface area contributed by atoms with Crippen LogP contribution >= 0.6 is 0 Å². The van der Waals surface area contributed by atoms with Crippen LogP contribution in [0, 0.1) is 6.92 Å². The fraction of sp³-hybridized carbons (Fsp3) is 0.282. The summed E-state index contributed by atoms with van der Waals surface area (Å²) >= 11 is 0. The molecule has 0 bridgehead atoms. The van der Waals surface area contributed by atoms with E-state index in [1.807, 2.05) is 95.1 Å². The zero-order valence-corrected chi connectivity index (χ0v) is 27.7. The molecule has 2 fully saturated rings. The zero-order valence-electron chi connectivity index (χ0n) is 27.7. The third kappa shape index (κ3) is 7.31. The largest absolute Gasteiger partial charge is 0.495 e. The Balaban J connectivity index is 1.10. The van der Waals surface area contributed by atoms with Crippen LogP contribution in [-0.2, 0) is 9.59 Å². The molecule has 6 rings (SSSR count). The first kappa shape index (κ1) is 32.7. The highest BCUT2D eigenvalue weighted by molar-refractivity contribution is 6.09. The van der Waals surface area contributed by atoms with E-state index in [0.717, 1.165) is 53.2 Å². The molecule has 2 saturated heterocycles.